The SMILES string of the molecule is CC(=NNC(=O)c1sc2ccccc2c1Cl)c1cccc(Br)c1. The summed E-state index contributed by atoms with van der Waals surface area (Å²) in [5, 5.41) is 5.52. The van der Waals surface area contributed by atoms with Gasteiger partial charge < -0.3 is 0 Å². The molecule has 0 saturated carbocycles. The number of hydrogen-bond acceptors (Lipinski definition) is 3. The summed E-state index contributed by atoms with van der Waals surface area (Å²) in [6.45, 7) is 1.84. The van der Waals surface area contributed by atoms with Gasteiger partial charge in [-0.2, -0.15) is 5.10 Å². The molecule has 3 rings (SSSR count). The minimum absolute atomic E-state index is 0.300. The first-order chi connectivity index (χ1) is 11.1. The number of benzene rings is 2. The molecule has 3 nitrogen and oxygen atoms in total. The van der Waals surface area contributed by atoms with Gasteiger partial charge in [0.1, 0.15) is 4.88 Å². The van der Waals surface area contributed by atoms with Crippen LogP contribution in [-0.2, 0) is 0 Å². The quantitative estimate of drug-likeness (QED) is 0.454. The summed E-state index contributed by atoms with van der Waals surface area (Å²) in [6.07, 6.45) is 0. The van der Waals surface area contributed by atoms with Crippen molar-refractivity contribution in [3.63, 3.8) is 0 Å². The zero-order chi connectivity index (χ0) is 16.4. The van der Waals surface area contributed by atoms with E-state index in [9.17, 15) is 4.79 Å². The van der Waals surface area contributed by atoms with Crippen molar-refractivity contribution in [2.75, 3.05) is 0 Å². The molecule has 0 saturated heterocycles. The molecular formula is C17H12BrClN2OS. The van der Waals surface area contributed by atoms with E-state index in [0.717, 1.165) is 25.8 Å². The Hall–Kier alpha value is -1.69. The van der Waals surface area contributed by atoms with Crippen molar-refractivity contribution in [3.05, 3.63) is 68.5 Å². The van der Waals surface area contributed by atoms with Crippen LogP contribution >= 0.6 is 38.9 Å². The fraction of sp³-hybridized carbons (Fsp3) is 0.0588. The van der Waals surface area contributed by atoms with Gasteiger partial charge in [-0.3, -0.25) is 4.79 Å². The highest BCUT2D eigenvalue weighted by Crippen LogP contribution is 2.34. The maximum Gasteiger partial charge on any atom is 0.283 e. The zero-order valence-corrected chi connectivity index (χ0v) is 15.3. The highest BCUT2D eigenvalue weighted by atomic mass is 79.9. The number of fused-ring (bicyclic) bond motifs is 1. The number of halogens is 2. The van der Waals surface area contributed by atoms with Crippen molar-refractivity contribution in [3.8, 4) is 0 Å². The molecule has 0 aliphatic carbocycles. The van der Waals surface area contributed by atoms with Gasteiger partial charge in [-0.25, -0.2) is 5.43 Å². The number of thiophene rings is 1. The van der Waals surface area contributed by atoms with E-state index in [1.54, 1.807) is 0 Å². The standard InChI is InChI=1S/C17H12BrClN2OS/c1-10(11-5-4-6-12(18)9-11)20-21-17(22)16-15(19)13-7-2-3-8-14(13)23-16/h2-9H,1H3,(H,21,22). The number of carbonyl (C=O) groups excluding carboxylic acids is 1. The number of hydrogen-bond donors (Lipinski definition) is 1. The molecule has 0 spiro atoms. The van der Waals surface area contributed by atoms with E-state index >= 15 is 0 Å². The van der Waals surface area contributed by atoms with E-state index in [1.165, 1.54) is 11.3 Å². The predicted octanol–water partition coefficient (Wildman–Crippen LogP) is 5.47. The largest absolute Gasteiger partial charge is 0.283 e. The Morgan fingerprint density at radius 3 is 2.74 bits per heavy atom. The third kappa shape index (κ3) is 3.47. The van der Waals surface area contributed by atoms with Crippen molar-refractivity contribution >= 4 is 60.6 Å². The topological polar surface area (TPSA) is 41.5 Å². The third-order valence-corrected chi connectivity index (χ3v) is 5.48. The number of carbonyl (C=O) groups is 1. The van der Waals surface area contributed by atoms with Crippen molar-refractivity contribution in [2.45, 2.75) is 6.92 Å². The first kappa shape index (κ1) is 16.2. The summed E-state index contributed by atoms with van der Waals surface area (Å²) in [6, 6.07) is 15.4. The Kier molecular flexibility index (Phi) is 4.80. The Balaban J connectivity index is 1.83. The molecule has 1 amide bonds. The van der Waals surface area contributed by atoms with Gasteiger partial charge in [0.15, 0.2) is 0 Å². The van der Waals surface area contributed by atoms with E-state index in [4.69, 9.17) is 11.6 Å². The molecule has 2 aromatic carbocycles. The molecule has 0 fully saturated rings. The van der Waals surface area contributed by atoms with Crippen LogP contribution < -0.4 is 5.43 Å². The Morgan fingerprint density at radius 2 is 2.00 bits per heavy atom. The third-order valence-electron chi connectivity index (χ3n) is 3.31. The number of hydrazone groups is 1. The monoisotopic (exact) mass is 406 g/mol. The van der Waals surface area contributed by atoms with Crippen molar-refractivity contribution in [1.82, 2.24) is 5.43 Å². The van der Waals surface area contributed by atoms with E-state index in [1.807, 2.05) is 55.5 Å². The van der Waals surface area contributed by atoms with E-state index in [2.05, 4.69) is 26.5 Å². The highest BCUT2D eigenvalue weighted by Gasteiger charge is 2.16. The summed E-state index contributed by atoms with van der Waals surface area (Å²) in [5.74, 6) is -0.300. The van der Waals surface area contributed by atoms with E-state index in [-0.39, 0.29) is 5.91 Å². The summed E-state index contributed by atoms with van der Waals surface area (Å²) in [5.41, 5.74) is 4.23. The van der Waals surface area contributed by atoms with Gasteiger partial charge in [0.25, 0.3) is 5.91 Å². The van der Waals surface area contributed by atoms with Crippen LogP contribution in [-0.4, -0.2) is 11.6 Å². The number of nitrogens with zero attached hydrogens (tertiary/aromatic N) is 1. The minimum atomic E-state index is -0.300. The molecular weight excluding hydrogens is 396 g/mol. The van der Waals surface area contributed by atoms with Crippen LogP contribution in [0.2, 0.25) is 5.02 Å². The average molecular weight is 408 g/mol. The van der Waals surface area contributed by atoms with Crippen LogP contribution in [0.15, 0.2) is 58.1 Å². The molecule has 1 heterocycles. The lowest BCUT2D eigenvalue weighted by atomic mass is 10.1. The highest BCUT2D eigenvalue weighted by molar-refractivity contribution is 9.10. The van der Waals surface area contributed by atoms with Crippen molar-refractivity contribution in [1.29, 1.82) is 0 Å². The summed E-state index contributed by atoms with van der Waals surface area (Å²) >= 11 is 11.1. The number of amides is 1. The normalized spacial score (nSPS) is 11.7. The molecule has 0 atom stereocenters. The lowest BCUT2D eigenvalue weighted by molar-refractivity contribution is 0.0959. The Bertz CT molecular complexity index is 920. The summed E-state index contributed by atoms with van der Waals surface area (Å²) in [7, 11) is 0. The Morgan fingerprint density at radius 1 is 1.22 bits per heavy atom. The molecule has 116 valence electrons. The van der Waals surface area contributed by atoms with Crippen LogP contribution in [0.25, 0.3) is 10.1 Å². The van der Waals surface area contributed by atoms with Gasteiger partial charge in [-0.1, -0.05) is 57.9 Å². The molecule has 3 aromatic rings. The maximum atomic E-state index is 12.3. The molecule has 0 aliphatic heterocycles. The molecule has 0 unspecified atom stereocenters. The summed E-state index contributed by atoms with van der Waals surface area (Å²) in [4.78, 5) is 12.8. The van der Waals surface area contributed by atoms with E-state index in [0.29, 0.717) is 9.90 Å². The first-order valence-corrected chi connectivity index (χ1v) is 8.82. The molecule has 0 bridgehead atoms. The second kappa shape index (κ2) is 6.83. The van der Waals surface area contributed by atoms with Gasteiger partial charge in [0.05, 0.1) is 10.7 Å². The van der Waals surface area contributed by atoms with Gasteiger partial charge in [0, 0.05) is 14.6 Å². The maximum absolute atomic E-state index is 12.3. The van der Waals surface area contributed by atoms with Gasteiger partial charge in [-0.15, -0.1) is 11.3 Å². The zero-order valence-electron chi connectivity index (χ0n) is 12.1. The number of rotatable bonds is 3. The molecule has 6 heteroatoms. The lowest BCUT2D eigenvalue weighted by Gasteiger charge is -2.03. The van der Waals surface area contributed by atoms with Gasteiger partial charge >= 0.3 is 0 Å². The fourth-order valence-corrected chi connectivity index (χ4v) is 3.93. The number of nitrogens with one attached hydrogen (secondary N) is 1. The van der Waals surface area contributed by atoms with Gasteiger partial charge in [0.2, 0.25) is 0 Å². The minimum Gasteiger partial charge on any atom is -0.266 e. The van der Waals surface area contributed by atoms with Crippen molar-refractivity contribution < 1.29 is 4.79 Å². The predicted molar refractivity (Wildman–Crippen MR) is 101 cm³/mol. The summed E-state index contributed by atoms with van der Waals surface area (Å²) < 4.78 is 1.94. The van der Waals surface area contributed by atoms with Crippen LogP contribution in [0.5, 0.6) is 0 Å². The van der Waals surface area contributed by atoms with Gasteiger partial charge in [-0.05, 0) is 30.7 Å². The average Bonchev–Trinajstić information content (AvgIpc) is 2.90. The Labute approximate surface area is 151 Å². The molecule has 1 N–H and O–H groups in total. The van der Waals surface area contributed by atoms with Crippen LogP contribution in [0, 0.1) is 0 Å². The lowest BCUT2D eigenvalue weighted by Crippen LogP contribution is -2.18. The molecule has 0 aliphatic rings. The first-order valence-electron chi connectivity index (χ1n) is 6.84. The van der Waals surface area contributed by atoms with Crippen LogP contribution in [0.1, 0.15) is 22.2 Å². The van der Waals surface area contributed by atoms with E-state index < -0.39 is 0 Å². The van der Waals surface area contributed by atoms with Crippen molar-refractivity contribution in [2.24, 2.45) is 5.10 Å². The second-order valence-corrected chi connectivity index (χ2v) is 7.24. The molecule has 0 radical (unpaired) electrons. The van der Waals surface area contributed by atoms with Crippen LogP contribution in [0.4, 0.5) is 0 Å². The smallest absolute Gasteiger partial charge is 0.266 e. The molecule has 23 heavy (non-hydrogen) atoms. The molecule has 1 aromatic heterocycles. The second-order valence-electron chi connectivity index (χ2n) is 4.89. The van der Waals surface area contributed by atoms with Crippen LogP contribution in [0.3, 0.4) is 0 Å². The fourth-order valence-electron chi connectivity index (χ4n) is 2.12.